The van der Waals surface area contributed by atoms with Crippen LogP contribution in [0.5, 0.6) is 0 Å². The molecule has 0 aliphatic carbocycles. The van der Waals surface area contributed by atoms with Crippen LogP contribution in [0.25, 0.3) is 0 Å². The SMILES string of the molecule is CCN1C(C)=C([N+](=O)[O-])CN(C)C1S(=O)(=O)O. The molecule has 1 unspecified atom stereocenters. The van der Waals surface area contributed by atoms with Gasteiger partial charge in [-0.25, -0.2) is 0 Å². The minimum absolute atomic E-state index is 0.0609. The number of nitrogens with zero attached hydrogens (tertiary/aromatic N) is 3. The predicted molar refractivity (Wildman–Crippen MR) is 60.0 cm³/mol. The highest BCUT2D eigenvalue weighted by Crippen LogP contribution is 2.25. The highest BCUT2D eigenvalue weighted by molar-refractivity contribution is 7.86. The third-order valence-electron chi connectivity index (χ3n) is 2.72. The molecule has 0 aromatic rings. The first-order chi connectivity index (χ1) is 7.70. The molecule has 0 fully saturated rings. The van der Waals surface area contributed by atoms with Gasteiger partial charge in [0.15, 0.2) is 0 Å². The zero-order valence-corrected chi connectivity index (χ0v) is 10.6. The van der Waals surface area contributed by atoms with Crippen molar-refractivity contribution < 1.29 is 17.9 Å². The molecule has 0 saturated heterocycles. The molecule has 0 aromatic heterocycles. The van der Waals surface area contributed by atoms with E-state index in [0.29, 0.717) is 0 Å². The molecule has 17 heavy (non-hydrogen) atoms. The normalized spacial score (nSPS) is 23.1. The quantitative estimate of drug-likeness (QED) is 0.433. The Labute approximate surface area is 99.4 Å². The summed E-state index contributed by atoms with van der Waals surface area (Å²) in [7, 11) is -2.91. The molecule has 98 valence electrons. The Kier molecular flexibility index (Phi) is 3.74. The van der Waals surface area contributed by atoms with Gasteiger partial charge in [-0.2, -0.15) is 8.42 Å². The van der Waals surface area contributed by atoms with Crippen LogP contribution in [0, 0.1) is 10.1 Å². The van der Waals surface area contributed by atoms with E-state index >= 15 is 0 Å². The van der Waals surface area contributed by atoms with Crippen LogP contribution in [0.2, 0.25) is 0 Å². The maximum atomic E-state index is 11.3. The standard InChI is InChI=1S/C8H15N3O5S/c1-4-10-6(2)7(11(12)13)5-9(3)8(10)17(14,15)16/h8H,4-5H2,1-3H3,(H,14,15,16). The second-order valence-corrected chi connectivity index (χ2v) is 5.28. The second kappa shape index (κ2) is 4.59. The summed E-state index contributed by atoms with van der Waals surface area (Å²) in [5, 5.41) is 10.8. The topological polar surface area (TPSA) is 104 Å². The van der Waals surface area contributed by atoms with Crippen molar-refractivity contribution in [2.45, 2.75) is 19.3 Å². The smallest absolute Gasteiger partial charge is 0.300 e. The Morgan fingerprint density at radius 2 is 2.12 bits per heavy atom. The van der Waals surface area contributed by atoms with Crippen LogP contribution < -0.4 is 0 Å². The molecule has 1 rings (SSSR count). The van der Waals surface area contributed by atoms with Crippen LogP contribution in [0.1, 0.15) is 13.8 Å². The lowest BCUT2D eigenvalue weighted by molar-refractivity contribution is -0.432. The van der Waals surface area contributed by atoms with E-state index in [1.807, 2.05) is 0 Å². The lowest BCUT2D eigenvalue weighted by Gasteiger charge is -2.39. The lowest BCUT2D eigenvalue weighted by atomic mass is 10.2. The van der Waals surface area contributed by atoms with Crippen molar-refractivity contribution in [2.75, 3.05) is 20.1 Å². The first-order valence-corrected chi connectivity index (χ1v) is 6.47. The molecular formula is C8H15N3O5S. The highest BCUT2D eigenvalue weighted by Gasteiger charge is 2.41. The average Bonchev–Trinajstić information content (AvgIpc) is 2.17. The molecule has 0 amide bonds. The number of likely N-dealkylation sites (N-methyl/N-ethyl adjacent to an activating group) is 1. The van der Waals surface area contributed by atoms with Gasteiger partial charge in [-0.15, -0.1) is 0 Å². The number of allylic oxidation sites excluding steroid dienone is 1. The van der Waals surface area contributed by atoms with Crippen molar-refractivity contribution in [3.05, 3.63) is 21.5 Å². The van der Waals surface area contributed by atoms with E-state index in [1.165, 1.54) is 23.8 Å². The van der Waals surface area contributed by atoms with Crippen LogP contribution >= 0.6 is 0 Å². The molecule has 0 aromatic carbocycles. The molecular weight excluding hydrogens is 250 g/mol. The Morgan fingerprint density at radius 3 is 2.47 bits per heavy atom. The van der Waals surface area contributed by atoms with Gasteiger partial charge in [-0.05, 0) is 20.9 Å². The number of hydrogen-bond donors (Lipinski definition) is 1. The zero-order chi connectivity index (χ0) is 13.4. The van der Waals surface area contributed by atoms with Crippen molar-refractivity contribution in [1.29, 1.82) is 0 Å². The Hall–Kier alpha value is -1.19. The third-order valence-corrected chi connectivity index (χ3v) is 3.87. The van der Waals surface area contributed by atoms with Crippen molar-refractivity contribution in [1.82, 2.24) is 9.80 Å². The highest BCUT2D eigenvalue weighted by atomic mass is 32.2. The maximum absolute atomic E-state index is 11.3. The molecule has 1 aliphatic heterocycles. The Morgan fingerprint density at radius 1 is 1.59 bits per heavy atom. The van der Waals surface area contributed by atoms with E-state index in [-0.39, 0.29) is 24.5 Å². The Balaban J connectivity index is 3.29. The van der Waals surface area contributed by atoms with E-state index in [0.717, 1.165) is 0 Å². The minimum Gasteiger partial charge on any atom is -0.340 e. The van der Waals surface area contributed by atoms with Gasteiger partial charge < -0.3 is 4.90 Å². The van der Waals surface area contributed by atoms with Crippen molar-refractivity contribution >= 4 is 10.1 Å². The lowest BCUT2D eigenvalue weighted by Crippen LogP contribution is -2.55. The van der Waals surface area contributed by atoms with Crippen LogP contribution in [-0.4, -0.2) is 53.3 Å². The molecule has 0 saturated carbocycles. The molecule has 1 N–H and O–H groups in total. The van der Waals surface area contributed by atoms with Gasteiger partial charge >= 0.3 is 10.1 Å². The van der Waals surface area contributed by atoms with Crippen molar-refractivity contribution in [3.63, 3.8) is 0 Å². The maximum Gasteiger partial charge on any atom is 0.300 e. The molecule has 1 heterocycles. The summed E-state index contributed by atoms with van der Waals surface area (Å²) in [6.45, 7) is 3.27. The van der Waals surface area contributed by atoms with E-state index in [2.05, 4.69) is 0 Å². The van der Waals surface area contributed by atoms with Crippen molar-refractivity contribution in [2.24, 2.45) is 0 Å². The summed E-state index contributed by atoms with van der Waals surface area (Å²) < 4.78 is 31.7. The molecule has 8 nitrogen and oxygen atoms in total. The van der Waals surface area contributed by atoms with Gasteiger partial charge in [0.1, 0.15) is 0 Å². The number of rotatable bonds is 3. The van der Waals surface area contributed by atoms with Gasteiger partial charge in [0.25, 0.3) is 5.70 Å². The van der Waals surface area contributed by atoms with Gasteiger partial charge in [-0.1, -0.05) is 0 Å². The molecule has 0 radical (unpaired) electrons. The number of nitro groups is 1. The summed E-state index contributed by atoms with van der Waals surface area (Å²) in [6.07, 6.45) is 0. The van der Waals surface area contributed by atoms with E-state index < -0.39 is 20.5 Å². The first kappa shape index (κ1) is 13.9. The van der Waals surface area contributed by atoms with Gasteiger partial charge in [0.05, 0.1) is 17.2 Å². The molecule has 1 atom stereocenters. The molecule has 0 bridgehead atoms. The summed E-state index contributed by atoms with van der Waals surface area (Å²) in [4.78, 5) is 12.8. The molecule has 9 heteroatoms. The summed E-state index contributed by atoms with van der Waals surface area (Å²) >= 11 is 0. The van der Waals surface area contributed by atoms with Crippen LogP contribution in [-0.2, 0) is 10.1 Å². The van der Waals surface area contributed by atoms with Crippen LogP contribution in [0.3, 0.4) is 0 Å². The minimum atomic E-state index is -4.32. The largest absolute Gasteiger partial charge is 0.340 e. The predicted octanol–water partition coefficient (Wildman–Crippen LogP) is -0.0667. The van der Waals surface area contributed by atoms with Crippen molar-refractivity contribution in [3.8, 4) is 0 Å². The second-order valence-electron chi connectivity index (χ2n) is 3.83. The van der Waals surface area contributed by atoms with Crippen LogP contribution in [0.15, 0.2) is 11.4 Å². The zero-order valence-electron chi connectivity index (χ0n) is 9.82. The molecule has 0 spiro atoms. The van der Waals surface area contributed by atoms with E-state index in [9.17, 15) is 18.5 Å². The molecule has 1 aliphatic rings. The van der Waals surface area contributed by atoms with Crippen LogP contribution in [0.4, 0.5) is 0 Å². The average molecular weight is 265 g/mol. The van der Waals surface area contributed by atoms with Gasteiger partial charge in [0, 0.05) is 6.54 Å². The number of hydrogen-bond acceptors (Lipinski definition) is 6. The summed E-state index contributed by atoms with van der Waals surface area (Å²) in [6, 6.07) is 0. The van der Waals surface area contributed by atoms with Gasteiger partial charge in [0.2, 0.25) is 5.50 Å². The fourth-order valence-corrected chi connectivity index (χ4v) is 3.13. The monoisotopic (exact) mass is 265 g/mol. The van der Waals surface area contributed by atoms with E-state index in [4.69, 9.17) is 4.55 Å². The van der Waals surface area contributed by atoms with E-state index in [1.54, 1.807) is 6.92 Å². The first-order valence-electron chi connectivity index (χ1n) is 4.97. The summed E-state index contributed by atoms with van der Waals surface area (Å²) in [5.41, 5.74) is -1.07. The van der Waals surface area contributed by atoms with Gasteiger partial charge in [-0.3, -0.25) is 19.6 Å². The fourth-order valence-electron chi connectivity index (χ4n) is 1.97. The Bertz CT molecular complexity index is 458. The third kappa shape index (κ3) is 2.56. The summed E-state index contributed by atoms with van der Waals surface area (Å²) in [5.74, 6) is 0. The fraction of sp³-hybridized carbons (Fsp3) is 0.750.